The number of carbonyl (C=O) groups is 1. The smallest absolute Gasteiger partial charge is 0.163 e. The maximum absolute atomic E-state index is 12.6. The van der Waals surface area contributed by atoms with E-state index in [1.165, 1.54) is 11.1 Å². The second-order valence-electron chi connectivity index (χ2n) is 10.5. The molecule has 4 aliphatic rings. The van der Waals surface area contributed by atoms with Gasteiger partial charge in [-0.25, -0.2) is 0 Å². The standard InChI is InChI=1S/C25H36O3/c1-15(2)10-19-12-17(4)25(28-19)9-8-24(5)13-20-16(3)11-21(27)23(20)18(14-26)6-7-22(24)25/h6,10-11,17,19-20,22-23,26H,7-9,12-14H2,1-5H3/b18-6-/t17-,19-,20+,22+,23-,24+,25-/m0/s1. The largest absolute Gasteiger partial charge is 0.392 e. The van der Waals surface area contributed by atoms with Crippen molar-refractivity contribution in [2.24, 2.45) is 29.1 Å². The molecular formula is C25H36O3. The third kappa shape index (κ3) is 2.97. The average molecular weight is 385 g/mol. The normalized spacial score (nSPS) is 47.1. The Kier molecular flexibility index (Phi) is 4.99. The number of aliphatic hydroxyl groups is 1. The molecule has 154 valence electrons. The summed E-state index contributed by atoms with van der Waals surface area (Å²) in [5.74, 6) is 1.25. The maximum atomic E-state index is 12.6. The molecule has 3 aliphatic carbocycles. The van der Waals surface area contributed by atoms with Crippen LogP contribution in [0.1, 0.15) is 66.7 Å². The molecule has 0 aromatic heterocycles. The molecular weight excluding hydrogens is 348 g/mol. The molecule has 0 aromatic rings. The topological polar surface area (TPSA) is 46.5 Å². The van der Waals surface area contributed by atoms with Crippen LogP contribution in [0.25, 0.3) is 0 Å². The van der Waals surface area contributed by atoms with Gasteiger partial charge in [-0.2, -0.15) is 0 Å². The highest BCUT2D eigenvalue weighted by Crippen LogP contribution is 2.63. The van der Waals surface area contributed by atoms with E-state index in [-0.39, 0.29) is 41.3 Å². The van der Waals surface area contributed by atoms with Crippen molar-refractivity contribution < 1.29 is 14.6 Å². The number of ketones is 1. The van der Waals surface area contributed by atoms with E-state index in [1.54, 1.807) is 0 Å². The Labute approximate surface area is 169 Å². The Morgan fingerprint density at radius 1 is 1.36 bits per heavy atom. The number of hydrogen-bond donors (Lipinski definition) is 1. The van der Waals surface area contributed by atoms with Crippen molar-refractivity contribution in [3.63, 3.8) is 0 Å². The highest BCUT2D eigenvalue weighted by atomic mass is 16.5. The van der Waals surface area contributed by atoms with Gasteiger partial charge in [0.25, 0.3) is 0 Å². The number of carbonyl (C=O) groups excluding carboxylic acids is 1. The van der Waals surface area contributed by atoms with Gasteiger partial charge in [0, 0.05) is 0 Å². The first-order valence-corrected chi connectivity index (χ1v) is 11.0. The molecule has 0 radical (unpaired) electrons. The lowest BCUT2D eigenvalue weighted by molar-refractivity contribution is -0.118. The third-order valence-electron chi connectivity index (χ3n) is 8.38. The summed E-state index contributed by atoms with van der Waals surface area (Å²) < 4.78 is 6.84. The molecule has 0 amide bonds. The third-order valence-corrected chi connectivity index (χ3v) is 8.38. The van der Waals surface area contributed by atoms with E-state index >= 15 is 0 Å². The summed E-state index contributed by atoms with van der Waals surface area (Å²) in [6.07, 6.45) is 11.8. The van der Waals surface area contributed by atoms with Crippen LogP contribution in [0, 0.1) is 29.1 Å². The minimum absolute atomic E-state index is 0.0126. The van der Waals surface area contributed by atoms with E-state index in [0.717, 1.165) is 37.7 Å². The first-order chi connectivity index (χ1) is 13.2. The number of aliphatic hydroxyl groups excluding tert-OH is 1. The fourth-order valence-electron chi connectivity index (χ4n) is 7.01. The summed E-state index contributed by atoms with van der Waals surface area (Å²) in [7, 11) is 0. The lowest BCUT2D eigenvalue weighted by atomic mass is 9.62. The average Bonchev–Trinajstić information content (AvgIpc) is 3.14. The number of allylic oxidation sites excluding steroid dienone is 4. The Balaban J connectivity index is 1.72. The number of hydrogen-bond acceptors (Lipinski definition) is 3. The summed E-state index contributed by atoms with van der Waals surface area (Å²) in [6, 6.07) is 0. The van der Waals surface area contributed by atoms with Crippen LogP contribution in [-0.4, -0.2) is 29.2 Å². The molecule has 7 atom stereocenters. The van der Waals surface area contributed by atoms with Crippen molar-refractivity contribution in [2.75, 3.05) is 6.61 Å². The van der Waals surface area contributed by atoms with Crippen LogP contribution >= 0.6 is 0 Å². The zero-order chi connectivity index (χ0) is 20.3. The molecule has 1 aliphatic heterocycles. The van der Waals surface area contributed by atoms with Crippen LogP contribution in [0.3, 0.4) is 0 Å². The molecule has 1 saturated heterocycles. The van der Waals surface area contributed by atoms with E-state index in [2.05, 4.69) is 46.8 Å². The van der Waals surface area contributed by atoms with Crippen molar-refractivity contribution in [3.05, 3.63) is 34.9 Å². The fraction of sp³-hybridized carbons (Fsp3) is 0.720. The van der Waals surface area contributed by atoms with Crippen LogP contribution < -0.4 is 0 Å². The predicted molar refractivity (Wildman–Crippen MR) is 112 cm³/mol. The molecule has 1 saturated carbocycles. The van der Waals surface area contributed by atoms with Gasteiger partial charge in [-0.05, 0) is 87.7 Å². The highest BCUT2D eigenvalue weighted by Gasteiger charge is 2.61. The van der Waals surface area contributed by atoms with Crippen LogP contribution in [0.4, 0.5) is 0 Å². The summed E-state index contributed by atoms with van der Waals surface area (Å²) in [4.78, 5) is 12.6. The summed E-state index contributed by atoms with van der Waals surface area (Å²) in [5.41, 5.74) is 3.55. The molecule has 28 heavy (non-hydrogen) atoms. The molecule has 4 rings (SSSR count). The number of rotatable bonds is 2. The van der Waals surface area contributed by atoms with E-state index in [9.17, 15) is 9.90 Å². The van der Waals surface area contributed by atoms with Gasteiger partial charge in [-0.15, -0.1) is 0 Å². The molecule has 1 spiro atoms. The number of ether oxygens (including phenoxy) is 1. The van der Waals surface area contributed by atoms with Crippen LogP contribution in [0.2, 0.25) is 0 Å². The number of fused-ring (bicyclic) bond motifs is 3. The van der Waals surface area contributed by atoms with Gasteiger partial charge in [0.05, 0.1) is 24.2 Å². The van der Waals surface area contributed by atoms with Gasteiger partial charge in [0.15, 0.2) is 5.78 Å². The molecule has 0 aromatic carbocycles. The lowest BCUT2D eigenvalue weighted by Crippen LogP contribution is -2.44. The molecule has 3 heteroatoms. The maximum Gasteiger partial charge on any atom is 0.163 e. The van der Waals surface area contributed by atoms with Gasteiger partial charge < -0.3 is 9.84 Å². The Morgan fingerprint density at radius 3 is 2.79 bits per heavy atom. The van der Waals surface area contributed by atoms with Crippen LogP contribution in [0.5, 0.6) is 0 Å². The predicted octanol–water partition coefficient (Wildman–Crippen LogP) is 5.01. The Morgan fingerprint density at radius 2 is 2.11 bits per heavy atom. The molecule has 0 unspecified atom stereocenters. The van der Waals surface area contributed by atoms with Gasteiger partial charge in [-0.1, -0.05) is 37.1 Å². The molecule has 0 bridgehead atoms. The van der Waals surface area contributed by atoms with E-state index < -0.39 is 0 Å². The minimum Gasteiger partial charge on any atom is -0.392 e. The highest BCUT2D eigenvalue weighted by molar-refractivity contribution is 5.97. The zero-order valence-corrected chi connectivity index (χ0v) is 18.1. The molecule has 3 nitrogen and oxygen atoms in total. The van der Waals surface area contributed by atoms with E-state index in [4.69, 9.17) is 4.74 Å². The second kappa shape index (κ2) is 6.95. The first kappa shape index (κ1) is 20.1. The molecule has 2 fully saturated rings. The summed E-state index contributed by atoms with van der Waals surface area (Å²) >= 11 is 0. The van der Waals surface area contributed by atoms with Crippen molar-refractivity contribution in [2.45, 2.75) is 78.4 Å². The van der Waals surface area contributed by atoms with Gasteiger partial charge in [0.2, 0.25) is 0 Å². The van der Waals surface area contributed by atoms with Gasteiger partial charge in [0.1, 0.15) is 0 Å². The quantitative estimate of drug-likeness (QED) is 0.681. The Hall–Kier alpha value is -1.19. The van der Waals surface area contributed by atoms with E-state index in [0.29, 0.717) is 11.8 Å². The Bertz CT molecular complexity index is 756. The van der Waals surface area contributed by atoms with Crippen molar-refractivity contribution in [3.8, 4) is 0 Å². The van der Waals surface area contributed by atoms with Gasteiger partial charge >= 0.3 is 0 Å². The monoisotopic (exact) mass is 384 g/mol. The summed E-state index contributed by atoms with van der Waals surface area (Å²) in [6.45, 7) is 11.2. The van der Waals surface area contributed by atoms with Crippen molar-refractivity contribution in [1.29, 1.82) is 0 Å². The first-order valence-electron chi connectivity index (χ1n) is 11.0. The van der Waals surface area contributed by atoms with E-state index in [1.807, 2.05) is 6.08 Å². The minimum atomic E-state index is -0.139. The van der Waals surface area contributed by atoms with Crippen LogP contribution in [0.15, 0.2) is 34.9 Å². The van der Waals surface area contributed by atoms with Crippen molar-refractivity contribution in [1.82, 2.24) is 0 Å². The van der Waals surface area contributed by atoms with Crippen LogP contribution in [-0.2, 0) is 9.53 Å². The SMILES string of the molecule is CC(C)=C[C@H]1C[C@H](C)[C@]2(CC[C@]3(C)C[C@@H]4C(C)=CC(=O)[C@H]4/C(CO)=C\C[C@H]32)O1. The fourth-order valence-corrected chi connectivity index (χ4v) is 7.01. The second-order valence-corrected chi connectivity index (χ2v) is 10.5. The van der Waals surface area contributed by atoms with Gasteiger partial charge in [-0.3, -0.25) is 4.79 Å². The lowest BCUT2D eigenvalue weighted by Gasteiger charge is -2.44. The molecule has 1 N–H and O–H groups in total. The zero-order valence-electron chi connectivity index (χ0n) is 18.1. The van der Waals surface area contributed by atoms with Crippen molar-refractivity contribution >= 4 is 5.78 Å². The summed E-state index contributed by atoms with van der Waals surface area (Å²) in [5, 5.41) is 10.0. The molecule has 1 heterocycles.